The highest BCUT2D eigenvalue weighted by Gasteiger charge is 2.87. The van der Waals surface area contributed by atoms with Gasteiger partial charge in [-0.25, -0.2) is 0 Å². The van der Waals surface area contributed by atoms with Gasteiger partial charge in [0.1, 0.15) is 11.6 Å². The molecule has 5 rings (SSSR count). The number of Topliss-reactive ketones (excluding diaryl/α,β-unsaturated/α-hetero) is 2. The van der Waals surface area contributed by atoms with Gasteiger partial charge in [0.05, 0.1) is 11.8 Å². The molecule has 0 N–H and O–H groups in total. The Morgan fingerprint density at radius 1 is 0.526 bits per heavy atom. The number of carbonyl (C=O) groups excluding carboxylic acids is 4. The van der Waals surface area contributed by atoms with Crippen molar-refractivity contribution < 1.29 is 23.9 Å². The first kappa shape index (κ1) is 9.39. The van der Waals surface area contributed by atoms with Crippen LogP contribution in [0.4, 0.5) is 0 Å². The van der Waals surface area contributed by atoms with Crippen LogP contribution in [-0.2, 0) is 23.9 Å². The predicted molar refractivity (Wildman–Crippen MR) is 56.0 cm³/mol. The first-order chi connectivity index (χ1) is 9.13. The van der Waals surface area contributed by atoms with Crippen LogP contribution in [0.3, 0.4) is 0 Å². The van der Waals surface area contributed by atoms with Crippen LogP contribution in [-0.4, -0.2) is 23.5 Å². The van der Waals surface area contributed by atoms with E-state index in [9.17, 15) is 19.2 Å². The van der Waals surface area contributed by atoms with Crippen LogP contribution in [0.2, 0.25) is 0 Å². The maximum Gasteiger partial charge on any atom is 0.317 e. The summed E-state index contributed by atoms with van der Waals surface area (Å²) in [5, 5.41) is 0. The maximum atomic E-state index is 12.4. The van der Waals surface area contributed by atoms with Crippen molar-refractivity contribution in [1.82, 2.24) is 0 Å². The van der Waals surface area contributed by atoms with Gasteiger partial charge in [0.25, 0.3) is 0 Å². The van der Waals surface area contributed by atoms with Crippen LogP contribution < -0.4 is 0 Å². The smallest absolute Gasteiger partial charge is 0.317 e. The Labute approximate surface area is 107 Å². The molecule has 5 nitrogen and oxygen atoms in total. The van der Waals surface area contributed by atoms with Crippen molar-refractivity contribution in [1.29, 1.82) is 0 Å². The van der Waals surface area contributed by atoms with Crippen LogP contribution in [0, 0.1) is 59.2 Å². The van der Waals surface area contributed by atoms with E-state index in [1.54, 1.807) is 0 Å². The van der Waals surface area contributed by atoms with E-state index in [0.717, 1.165) is 0 Å². The summed E-state index contributed by atoms with van der Waals surface area (Å²) in [4.78, 5) is 48.6. The Hall–Kier alpha value is -1.52. The Morgan fingerprint density at radius 3 is 1.32 bits per heavy atom. The molecule has 10 atom stereocenters. The molecule has 0 aromatic heterocycles. The molecule has 0 aromatic rings. The van der Waals surface area contributed by atoms with E-state index in [-0.39, 0.29) is 58.9 Å². The van der Waals surface area contributed by atoms with Crippen molar-refractivity contribution in [3.05, 3.63) is 0 Å². The minimum absolute atomic E-state index is 0.0795. The summed E-state index contributed by atoms with van der Waals surface area (Å²) < 4.78 is 4.82. The van der Waals surface area contributed by atoms with Gasteiger partial charge in [-0.2, -0.15) is 0 Å². The van der Waals surface area contributed by atoms with Crippen molar-refractivity contribution >= 4 is 23.5 Å². The molecule has 10 unspecified atom stereocenters. The fourth-order valence-corrected chi connectivity index (χ4v) is 6.92. The third kappa shape index (κ3) is 0.623. The minimum Gasteiger partial charge on any atom is -0.393 e. The molecular weight excluding hydrogens is 248 g/mol. The van der Waals surface area contributed by atoms with Crippen molar-refractivity contribution in [2.24, 2.45) is 59.2 Å². The van der Waals surface area contributed by atoms with E-state index in [0.29, 0.717) is 0 Å². The third-order valence-corrected chi connectivity index (χ3v) is 7.04. The molecule has 1 heterocycles. The molecule has 19 heavy (non-hydrogen) atoms. The van der Waals surface area contributed by atoms with Crippen molar-refractivity contribution in [3.63, 3.8) is 0 Å². The second-order valence-corrected chi connectivity index (χ2v) is 7.01. The number of carbonyl (C=O) groups is 4. The number of hydrogen-bond donors (Lipinski definition) is 0. The fraction of sp³-hybridized carbons (Fsp3) is 0.714. The Morgan fingerprint density at radius 2 is 0.895 bits per heavy atom. The van der Waals surface area contributed by atoms with E-state index in [1.807, 2.05) is 0 Å². The van der Waals surface area contributed by atoms with Gasteiger partial charge in [0.2, 0.25) is 0 Å². The van der Waals surface area contributed by atoms with E-state index < -0.39 is 23.8 Å². The lowest BCUT2D eigenvalue weighted by molar-refractivity contribution is -0.157. The number of fused-ring (bicyclic) bond motifs is 12. The van der Waals surface area contributed by atoms with Gasteiger partial charge in [-0.3, -0.25) is 19.2 Å². The Bertz CT molecular complexity index is 574. The number of esters is 2. The average molecular weight is 258 g/mol. The quantitative estimate of drug-likeness (QED) is 0.330. The Balaban J connectivity index is 1.65. The number of hydrogen-bond acceptors (Lipinski definition) is 5. The largest absolute Gasteiger partial charge is 0.393 e. The molecular formula is C14H10O5. The lowest BCUT2D eigenvalue weighted by atomic mass is 9.44. The normalized spacial score (nSPS) is 65.7. The van der Waals surface area contributed by atoms with Crippen LogP contribution in [0.1, 0.15) is 0 Å². The highest BCUT2D eigenvalue weighted by Crippen LogP contribution is 2.80. The second-order valence-electron chi connectivity index (χ2n) is 7.01. The molecule has 4 saturated carbocycles. The highest BCUT2D eigenvalue weighted by molar-refractivity contribution is 6.09. The Kier molecular flexibility index (Phi) is 1.13. The van der Waals surface area contributed by atoms with Crippen molar-refractivity contribution in [2.75, 3.05) is 0 Å². The summed E-state index contributed by atoms with van der Waals surface area (Å²) in [6.45, 7) is 0. The lowest BCUT2D eigenvalue weighted by Gasteiger charge is -2.55. The standard InChI is InChI=1S/C14H10O5/c15-11-5-1-2-4-8(12(16)6(2)5)7(11)3(1)9-10(4)14(18)19-13(9)17/h1-10H. The lowest BCUT2D eigenvalue weighted by Crippen LogP contribution is -2.58. The summed E-state index contributed by atoms with van der Waals surface area (Å²) in [5.74, 6) is -1.93. The zero-order valence-electron chi connectivity index (χ0n) is 9.81. The predicted octanol–water partition coefficient (Wildman–Crippen LogP) is -0.562. The van der Waals surface area contributed by atoms with Gasteiger partial charge >= 0.3 is 11.9 Å². The molecule has 1 saturated heterocycles. The summed E-state index contributed by atoms with van der Waals surface area (Å²) in [5.41, 5.74) is 0. The van der Waals surface area contributed by atoms with Gasteiger partial charge in [-0.1, -0.05) is 0 Å². The monoisotopic (exact) mass is 258 g/mol. The third-order valence-electron chi connectivity index (χ3n) is 7.04. The molecule has 5 aliphatic rings. The van der Waals surface area contributed by atoms with Crippen LogP contribution in [0.15, 0.2) is 0 Å². The number of ketones is 2. The molecule has 0 amide bonds. The number of ether oxygens (including phenoxy) is 1. The first-order valence-electron chi connectivity index (χ1n) is 6.96. The summed E-state index contributed by atoms with van der Waals surface area (Å²) >= 11 is 0. The van der Waals surface area contributed by atoms with Gasteiger partial charge in [-0.05, 0) is 23.7 Å². The fourth-order valence-electron chi connectivity index (χ4n) is 6.92. The highest BCUT2D eigenvalue weighted by atomic mass is 16.6. The van der Waals surface area contributed by atoms with Gasteiger partial charge in [-0.15, -0.1) is 0 Å². The SMILES string of the molecule is O=C1OC(=O)C2C1C1C3C(=O)C4C5C(=O)C3C2C5C41. The van der Waals surface area contributed by atoms with E-state index >= 15 is 0 Å². The zero-order chi connectivity index (χ0) is 12.8. The maximum absolute atomic E-state index is 12.4. The molecule has 0 spiro atoms. The van der Waals surface area contributed by atoms with Gasteiger partial charge < -0.3 is 4.74 Å². The van der Waals surface area contributed by atoms with Crippen LogP contribution in [0.5, 0.6) is 0 Å². The van der Waals surface area contributed by atoms with Crippen molar-refractivity contribution in [3.8, 4) is 0 Å². The van der Waals surface area contributed by atoms with Gasteiger partial charge in [0.15, 0.2) is 0 Å². The molecule has 5 heteroatoms. The molecule has 0 bridgehead atoms. The van der Waals surface area contributed by atoms with Crippen molar-refractivity contribution in [2.45, 2.75) is 0 Å². The zero-order valence-corrected chi connectivity index (χ0v) is 9.81. The van der Waals surface area contributed by atoms with Crippen LogP contribution >= 0.6 is 0 Å². The molecule has 0 radical (unpaired) electrons. The molecule has 0 aromatic carbocycles. The molecule has 5 fully saturated rings. The second kappa shape index (κ2) is 2.30. The summed E-state index contributed by atoms with van der Waals surface area (Å²) in [6.07, 6.45) is 0. The number of cyclic esters (lactones) is 2. The molecule has 96 valence electrons. The summed E-state index contributed by atoms with van der Waals surface area (Å²) in [6, 6.07) is 0. The average Bonchev–Trinajstić information content (AvgIpc) is 2.74. The van der Waals surface area contributed by atoms with E-state index in [4.69, 9.17) is 4.74 Å². The van der Waals surface area contributed by atoms with E-state index in [1.165, 1.54) is 0 Å². The topological polar surface area (TPSA) is 77.5 Å². The van der Waals surface area contributed by atoms with Crippen LogP contribution in [0.25, 0.3) is 0 Å². The summed E-state index contributed by atoms with van der Waals surface area (Å²) in [7, 11) is 0. The minimum atomic E-state index is -0.446. The molecule has 1 aliphatic heterocycles. The molecule has 4 aliphatic carbocycles. The first-order valence-corrected chi connectivity index (χ1v) is 6.96. The van der Waals surface area contributed by atoms with Gasteiger partial charge in [0, 0.05) is 23.7 Å². The number of rotatable bonds is 0. The van der Waals surface area contributed by atoms with E-state index in [2.05, 4.69) is 0 Å².